The third-order valence-corrected chi connectivity index (χ3v) is 9.47. The summed E-state index contributed by atoms with van der Waals surface area (Å²) in [6, 6.07) is 0. The molecule has 0 aromatic heterocycles. The first kappa shape index (κ1) is 15.5. The molecule has 0 aliphatic heterocycles. The van der Waals surface area contributed by atoms with Crippen molar-refractivity contribution < 1.29 is 8.23 Å². The standard InChI is InChI=1S/C9H27NO2Si3/c1-8-9-10-13(11-14(2,3)4)12-15(5,6)7/h10,13H,8-9H2,1-7H3. The van der Waals surface area contributed by atoms with E-state index in [0.29, 0.717) is 0 Å². The van der Waals surface area contributed by atoms with Crippen LogP contribution in [0.25, 0.3) is 0 Å². The van der Waals surface area contributed by atoms with Crippen molar-refractivity contribution in [3.05, 3.63) is 0 Å². The van der Waals surface area contributed by atoms with Crippen molar-refractivity contribution in [1.29, 1.82) is 0 Å². The van der Waals surface area contributed by atoms with Crippen molar-refractivity contribution in [2.45, 2.75) is 52.6 Å². The fourth-order valence-electron chi connectivity index (χ4n) is 1.01. The second kappa shape index (κ2) is 6.31. The van der Waals surface area contributed by atoms with Crippen LogP contribution in [0.15, 0.2) is 0 Å². The molecular weight excluding hydrogens is 238 g/mol. The Kier molecular flexibility index (Phi) is 6.53. The Morgan fingerprint density at radius 2 is 1.33 bits per heavy atom. The lowest BCUT2D eigenvalue weighted by molar-refractivity contribution is 0.398. The van der Waals surface area contributed by atoms with Gasteiger partial charge in [-0.1, -0.05) is 6.92 Å². The minimum absolute atomic E-state index is 1.01. The van der Waals surface area contributed by atoms with E-state index in [1.54, 1.807) is 0 Å². The van der Waals surface area contributed by atoms with E-state index in [2.05, 4.69) is 51.2 Å². The molecule has 0 aliphatic rings. The maximum atomic E-state index is 6.10. The monoisotopic (exact) mass is 265 g/mol. The lowest BCUT2D eigenvalue weighted by atomic mass is 10.5. The van der Waals surface area contributed by atoms with Crippen molar-refractivity contribution in [3.63, 3.8) is 0 Å². The molecule has 0 fully saturated rings. The van der Waals surface area contributed by atoms with Crippen LogP contribution in [0.3, 0.4) is 0 Å². The van der Waals surface area contributed by atoms with Crippen LogP contribution < -0.4 is 4.98 Å². The number of hydrogen-bond donors (Lipinski definition) is 1. The van der Waals surface area contributed by atoms with Crippen LogP contribution in [0.1, 0.15) is 13.3 Å². The minimum atomic E-state index is -1.63. The van der Waals surface area contributed by atoms with Crippen LogP contribution in [0.5, 0.6) is 0 Å². The highest BCUT2D eigenvalue weighted by Gasteiger charge is 2.28. The average molecular weight is 266 g/mol. The van der Waals surface area contributed by atoms with Crippen molar-refractivity contribution in [1.82, 2.24) is 4.98 Å². The Labute approximate surface area is 98.7 Å². The van der Waals surface area contributed by atoms with E-state index in [9.17, 15) is 0 Å². The highest BCUT2D eigenvalue weighted by Crippen LogP contribution is 2.10. The van der Waals surface area contributed by atoms with E-state index in [4.69, 9.17) is 8.23 Å². The van der Waals surface area contributed by atoms with Crippen LogP contribution >= 0.6 is 0 Å². The molecule has 6 heteroatoms. The van der Waals surface area contributed by atoms with Gasteiger partial charge in [-0.25, -0.2) is 0 Å². The second-order valence-corrected chi connectivity index (χ2v) is 17.2. The number of nitrogens with one attached hydrogen (secondary N) is 1. The van der Waals surface area contributed by atoms with E-state index >= 15 is 0 Å². The Morgan fingerprint density at radius 1 is 0.933 bits per heavy atom. The summed E-state index contributed by atoms with van der Waals surface area (Å²) in [6.45, 7) is 16.5. The molecule has 0 aromatic rings. The lowest BCUT2D eigenvalue weighted by Crippen LogP contribution is -2.51. The quantitative estimate of drug-likeness (QED) is 0.717. The molecule has 0 aliphatic carbocycles. The summed E-state index contributed by atoms with van der Waals surface area (Å²) in [5.41, 5.74) is 0. The predicted molar refractivity (Wildman–Crippen MR) is 74.3 cm³/mol. The van der Waals surface area contributed by atoms with Crippen molar-refractivity contribution in [2.75, 3.05) is 6.54 Å². The summed E-state index contributed by atoms with van der Waals surface area (Å²) in [4.78, 5) is 3.45. The second-order valence-electron chi connectivity index (χ2n) is 5.75. The van der Waals surface area contributed by atoms with Crippen LogP contribution in [-0.2, 0) is 8.23 Å². The molecule has 0 spiro atoms. The van der Waals surface area contributed by atoms with E-state index in [0.717, 1.165) is 13.0 Å². The van der Waals surface area contributed by atoms with Crippen LogP contribution in [0.4, 0.5) is 0 Å². The Balaban J connectivity index is 4.19. The third kappa shape index (κ3) is 10.8. The van der Waals surface area contributed by atoms with Gasteiger partial charge in [0.15, 0.2) is 16.6 Å². The first-order chi connectivity index (χ1) is 6.64. The third-order valence-electron chi connectivity index (χ3n) is 1.48. The summed E-state index contributed by atoms with van der Waals surface area (Å²) >= 11 is 0. The molecule has 15 heavy (non-hydrogen) atoms. The van der Waals surface area contributed by atoms with E-state index < -0.39 is 26.1 Å². The summed E-state index contributed by atoms with van der Waals surface area (Å²) < 4.78 is 12.2. The Hall–Kier alpha value is 0.531. The van der Waals surface area contributed by atoms with Crippen LogP contribution in [0.2, 0.25) is 39.3 Å². The highest BCUT2D eigenvalue weighted by atomic mass is 28.5. The summed E-state index contributed by atoms with van der Waals surface area (Å²) in [6.07, 6.45) is 1.13. The number of rotatable bonds is 7. The van der Waals surface area contributed by atoms with Gasteiger partial charge in [-0.3, -0.25) is 4.98 Å². The average Bonchev–Trinajstić information content (AvgIpc) is 1.94. The zero-order valence-corrected chi connectivity index (χ0v) is 14.5. The van der Waals surface area contributed by atoms with Gasteiger partial charge in [0.2, 0.25) is 0 Å². The fourth-order valence-corrected chi connectivity index (χ4v) is 7.97. The summed E-state index contributed by atoms with van der Waals surface area (Å²) in [7, 11) is -4.58. The molecule has 0 amide bonds. The van der Waals surface area contributed by atoms with E-state index in [1.807, 2.05) is 0 Å². The van der Waals surface area contributed by atoms with Gasteiger partial charge in [0.05, 0.1) is 0 Å². The lowest BCUT2D eigenvalue weighted by Gasteiger charge is -2.30. The normalized spacial score (nSPS) is 13.6. The number of hydrogen-bond acceptors (Lipinski definition) is 3. The Bertz CT molecular complexity index is 161. The van der Waals surface area contributed by atoms with Gasteiger partial charge < -0.3 is 8.23 Å². The zero-order valence-electron chi connectivity index (χ0n) is 11.3. The Morgan fingerprint density at radius 3 is 1.60 bits per heavy atom. The molecule has 0 aromatic carbocycles. The van der Waals surface area contributed by atoms with Gasteiger partial charge in [-0.15, -0.1) is 0 Å². The van der Waals surface area contributed by atoms with Crippen LogP contribution in [0, 0.1) is 0 Å². The molecule has 0 heterocycles. The summed E-state index contributed by atoms with van der Waals surface area (Å²) in [5, 5.41) is 0. The molecule has 0 rings (SSSR count). The molecule has 0 unspecified atom stereocenters. The first-order valence-electron chi connectivity index (χ1n) is 5.73. The molecule has 0 bridgehead atoms. The fraction of sp³-hybridized carbons (Fsp3) is 1.00. The molecule has 1 N–H and O–H groups in total. The van der Waals surface area contributed by atoms with Gasteiger partial charge in [-0.2, -0.15) is 0 Å². The molecule has 0 radical (unpaired) electrons. The maximum Gasteiger partial charge on any atom is 0.387 e. The van der Waals surface area contributed by atoms with Crippen molar-refractivity contribution in [2.24, 2.45) is 0 Å². The van der Waals surface area contributed by atoms with Gasteiger partial charge in [0.25, 0.3) is 0 Å². The molecule has 92 valence electrons. The maximum absolute atomic E-state index is 6.10. The van der Waals surface area contributed by atoms with Gasteiger partial charge in [-0.05, 0) is 52.2 Å². The molecule has 0 saturated carbocycles. The van der Waals surface area contributed by atoms with E-state index in [1.165, 1.54) is 0 Å². The molecule has 3 nitrogen and oxygen atoms in total. The molecule has 0 atom stereocenters. The van der Waals surface area contributed by atoms with Crippen molar-refractivity contribution >= 4 is 26.1 Å². The largest absolute Gasteiger partial charge is 0.428 e. The molecule has 0 saturated heterocycles. The summed E-state index contributed by atoms with van der Waals surface area (Å²) in [5.74, 6) is 0. The first-order valence-corrected chi connectivity index (χ1v) is 14.1. The SMILES string of the molecule is CCCN[SiH](O[Si](C)(C)C)O[Si](C)(C)C. The van der Waals surface area contributed by atoms with Gasteiger partial charge >= 0.3 is 9.45 Å². The smallest absolute Gasteiger partial charge is 0.387 e. The topological polar surface area (TPSA) is 30.5 Å². The zero-order chi connectivity index (χ0) is 12.1. The van der Waals surface area contributed by atoms with Crippen molar-refractivity contribution in [3.8, 4) is 0 Å². The highest BCUT2D eigenvalue weighted by molar-refractivity contribution is 6.80. The van der Waals surface area contributed by atoms with Gasteiger partial charge in [0, 0.05) is 0 Å². The molecular formula is C9H27NO2Si3. The minimum Gasteiger partial charge on any atom is -0.428 e. The van der Waals surface area contributed by atoms with Gasteiger partial charge in [0.1, 0.15) is 0 Å². The predicted octanol–water partition coefficient (Wildman–Crippen LogP) is 2.41. The van der Waals surface area contributed by atoms with Crippen LogP contribution in [-0.4, -0.2) is 32.6 Å². The van der Waals surface area contributed by atoms with E-state index in [-0.39, 0.29) is 0 Å².